The summed E-state index contributed by atoms with van der Waals surface area (Å²) in [6.07, 6.45) is 16.5. The van der Waals surface area contributed by atoms with Crippen molar-refractivity contribution in [3.05, 3.63) is 12.2 Å². The highest BCUT2D eigenvalue weighted by Gasteiger charge is 2.44. The molecule has 6 aliphatic rings. The molecule has 0 radical (unpaired) electrons. The summed E-state index contributed by atoms with van der Waals surface area (Å²) in [7, 11) is 7.71. The third-order valence-electron chi connectivity index (χ3n) is 9.27. The second-order valence-corrected chi connectivity index (χ2v) is 11.7. The molecule has 6 rings (SSSR count). The van der Waals surface area contributed by atoms with Crippen molar-refractivity contribution in [1.29, 1.82) is 0 Å². The van der Waals surface area contributed by atoms with Crippen LogP contribution in [0.4, 0.5) is 0 Å². The summed E-state index contributed by atoms with van der Waals surface area (Å²) in [5.41, 5.74) is 0. The summed E-state index contributed by atoms with van der Waals surface area (Å²) in [6.45, 7) is 1.93. The number of aliphatic hydroxyl groups excluding tert-OH is 1. The van der Waals surface area contributed by atoms with Gasteiger partial charge in [-0.15, -0.1) is 0 Å². The van der Waals surface area contributed by atoms with E-state index in [9.17, 15) is 14.4 Å². The van der Waals surface area contributed by atoms with Gasteiger partial charge in [0.25, 0.3) is 0 Å². The van der Waals surface area contributed by atoms with Crippen molar-refractivity contribution in [2.45, 2.75) is 71.1 Å². The van der Waals surface area contributed by atoms with Crippen molar-refractivity contribution in [3.8, 4) is 0 Å². The lowest BCUT2D eigenvalue weighted by atomic mass is 9.89. The molecule has 8 nitrogen and oxygen atoms in total. The van der Waals surface area contributed by atoms with E-state index in [2.05, 4.69) is 16.9 Å². The van der Waals surface area contributed by atoms with Crippen LogP contribution in [0.5, 0.6) is 0 Å². The molecule has 0 heterocycles. The molecule has 9 unspecified atom stereocenters. The molecule has 0 aromatic heterocycles. The van der Waals surface area contributed by atoms with Gasteiger partial charge in [0.15, 0.2) is 0 Å². The Labute approximate surface area is 235 Å². The molecular formula is C31H52O8. The van der Waals surface area contributed by atoms with Crippen LogP contribution in [0.3, 0.4) is 0 Å². The van der Waals surface area contributed by atoms with Gasteiger partial charge in [-0.25, -0.2) is 0 Å². The number of carbonyl (C=O) groups excluding carboxylic acids is 3. The maximum atomic E-state index is 11.2. The fraction of sp³-hybridized carbons (Fsp3) is 0.839. The first-order valence-electron chi connectivity index (χ1n) is 14.7. The van der Waals surface area contributed by atoms with Gasteiger partial charge in [-0.3, -0.25) is 14.4 Å². The molecule has 6 bridgehead atoms. The fourth-order valence-corrected chi connectivity index (χ4v) is 7.57. The monoisotopic (exact) mass is 552 g/mol. The Hall–Kier alpha value is -1.93. The zero-order valence-electron chi connectivity index (χ0n) is 24.9. The Morgan fingerprint density at radius 3 is 1.31 bits per heavy atom. The standard InChI is InChI=1S/2C9H14O2.C9H12O2.2C2H6O/c3*1-11-9(10)8-5-6-2-3-7(8)4-6;1-3-2;1-2-3/h2*6-8H,2-5H2,1H3;2-3,6-8H,4-5H2,1H3;1-2H3;3H,2H2,1H3. The quantitative estimate of drug-likeness (QED) is 0.302. The van der Waals surface area contributed by atoms with Gasteiger partial charge in [-0.2, -0.15) is 0 Å². The van der Waals surface area contributed by atoms with Crippen molar-refractivity contribution in [2.24, 2.45) is 53.3 Å². The highest BCUT2D eigenvalue weighted by atomic mass is 16.5. The summed E-state index contributed by atoms with van der Waals surface area (Å²) >= 11 is 0. The minimum Gasteiger partial charge on any atom is -0.469 e. The highest BCUT2D eigenvalue weighted by molar-refractivity contribution is 5.74. The average molecular weight is 553 g/mol. The van der Waals surface area contributed by atoms with Crippen LogP contribution in [-0.4, -0.2) is 65.2 Å². The van der Waals surface area contributed by atoms with E-state index in [1.807, 2.05) is 0 Å². The first-order valence-corrected chi connectivity index (χ1v) is 14.7. The van der Waals surface area contributed by atoms with Crippen LogP contribution in [0.2, 0.25) is 0 Å². The van der Waals surface area contributed by atoms with Crippen LogP contribution >= 0.6 is 0 Å². The Morgan fingerprint density at radius 2 is 1.05 bits per heavy atom. The van der Waals surface area contributed by atoms with Crippen LogP contribution in [0, 0.1) is 53.3 Å². The normalized spacial score (nSPS) is 35.2. The van der Waals surface area contributed by atoms with E-state index in [-0.39, 0.29) is 42.3 Å². The molecule has 0 saturated heterocycles. The van der Waals surface area contributed by atoms with E-state index in [1.54, 1.807) is 21.1 Å². The zero-order chi connectivity index (χ0) is 28.9. The Morgan fingerprint density at radius 1 is 0.641 bits per heavy atom. The Kier molecular flexibility index (Phi) is 14.5. The molecular weight excluding hydrogens is 500 g/mol. The van der Waals surface area contributed by atoms with Gasteiger partial charge >= 0.3 is 17.9 Å². The highest BCUT2D eigenvalue weighted by Crippen LogP contribution is 2.49. The maximum Gasteiger partial charge on any atom is 0.309 e. The van der Waals surface area contributed by atoms with E-state index in [0.717, 1.165) is 31.1 Å². The third kappa shape index (κ3) is 9.31. The molecule has 1 N–H and O–H groups in total. The molecule has 0 aliphatic heterocycles. The summed E-state index contributed by atoms with van der Waals surface area (Å²) in [5.74, 6) is 4.81. The van der Waals surface area contributed by atoms with Crippen LogP contribution in [0.25, 0.3) is 0 Å². The van der Waals surface area contributed by atoms with Crippen LogP contribution in [0.15, 0.2) is 12.2 Å². The van der Waals surface area contributed by atoms with E-state index >= 15 is 0 Å². The maximum absolute atomic E-state index is 11.2. The number of aliphatic hydroxyl groups is 1. The molecule has 8 heteroatoms. The zero-order valence-corrected chi connectivity index (χ0v) is 24.9. The van der Waals surface area contributed by atoms with Crippen molar-refractivity contribution >= 4 is 17.9 Å². The predicted octanol–water partition coefficient (Wildman–Crippen LogP) is 4.82. The predicted molar refractivity (Wildman–Crippen MR) is 148 cm³/mol. The fourth-order valence-electron chi connectivity index (χ4n) is 7.57. The Balaban J connectivity index is 0.000000186. The van der Waals surface area contributed by atoms with Crippen LogP contribution in [0.1, 0.15) is 71.1 Å². The van der Waals surface area contributed by atoms with Gasteiger partial charge in [-0.1, -0.05) is 25.0 Å². The lowest BCUT2D eigenvalue weighted by Gasteiger charge is -2.18. The number of carbonyl (C=O) groups is 3. The molecule has 5 saturated carbocycles. The lowest BCUT2D eigenvalue weighted by molar-refractivity contribution is -0.148. The SMILES string of the molecule is CCO.COC.COC(=O)C1CC2C=CC1C2.COC(=O)C1CC2CCC1C2.COC(=O)C1CC2CCC1C2. The summed E-state index contributed by atoms with van der Waals surface area (Å²) in [4.78, 5) is 33.5. The Bertz CT molecular complexity index is 753. The first-order chi connectivity index (χ1) is 18.8. The number of hydrogen-bond acceptors (Lipinski definition) is 8. The van der Waals surface area contributed by atoms with Crippen molar-refractivity contribution in [1.82, 2.24) is 0 Å². The number of methoxy groups -OCH3 is 4. The molecule has 5 fully saturated rings. The molecule has 224 valence electrons. The number of esters is 3. The van der Waals surface area contributed by atoms with Crippen molar-refractivity contribution < 1.29 is 38.4 Å². The van der Waals surface area contributed by atoms with Gasteiger partial charge in [0.1, 0.15) is 0 Å². The third-order valence-corrected chi connectivity index (χ3v) is 9.27. The number of allylic oxidation sites excluding steroid dienone is 2. The van der Waals surface area contributed by atoms with Crippen LogP contribution < -0.4 is 0 Å². The molecule has 0 aromatic rings. The van der Waals surface area contributed by atoms with Gasteiger partial charge < -0.3 is 24.1 Å². The number of ether oxygens (including phenoxy) is 4. The van der Waals surface area contributed by atoms with Gasteiger partial charge in [-0.05, 0) is 93.8 Å². The smallest absolute Gasteiger partial charge is 0.309 e. The second-order valence-electron chi connectivity index (χ2n) is 11.7. The molecule has 39 heavy (non-hydrogen) atoms. The minimum atomic E-state index is -0.0261. The minimum absolute atomic E-state index is 0.0252. The van der Waals surface area contributed by atoms with E-state index in [0.29, 0.717) is 23.7 Å². The van der Waals surface area contributed by atoms with Crippen molar-refractivity contribution in [3.63, 3.8) is 0 Å². The molecule has 0 spiro atoms. The van der Waals surface area contributed by atoms with Gasteiger partial charge in [0.05, 0.1) is 39.1 Å². The second kappa shape index (κ2) is 17.0. The van der Waals surface area contributed by atoms with Crippen molar-refractivity contribution in [2.75, 3.05) is 42.2 Å². The van der Waals surface area contributed by atoms with Gasteiger partial charge in [0.2, 0.25) is 0 Å². The number of hydrogen-bond donors (Lipinski definition) is 1. The molecule has 0 aromatic carbocycles. The molecule has 0 amide bonds. The number of fused-ring (bicyclic) bond motifs is 6. The van der Waals surface area contributed by atoms with Gasteiger partial charge in [0, 0.05) is 20.8 Å². The first kappa shape index (κ1) is 33.3. The number of rotatable bonds is 3. The summed E-state index contributed by atoms with van der Waals surface area (Å²) in [6, 6.07) is 0. The topological polar surface area (TPSA) is 108 Å². The van der Waals surface area contributed by atoms with E-state index in [1.165, 1.54) is 66.3 Å². The average Bonchev–Trinajstić information content (AvgIpc) is 3.81. The largest absolute Gasteiger partial charge is 0.469 e. The van der Waals surface area contributed by atoms with E-state index in [4.69, 9.17) is 19.3 Å². The summed E-state index contributed by atoms with van der Waals surface area (Å²) in [5, 5.41) is 7.57. The molecule has 9 atom stereocenters. The molecule has 6 aliphatic carbocycles. The lowest BCUT2D eigenvalue weighted by Crippen LogP contribution is -2.21. The summed E-state index contributed by atoms with van der Waals surface area (Å²) < 4.78 is 18.5. The van der Waals surface area contributed by atoms with Crippen LogP contribution in [-0.2, 0) is 33.3 Å². The van der Waals surface area contributed by atoms with E-state index < -0.39 is 0 Å².